The summed E-state index contributed by atoms with van der Waals surface area (Å²) in [4.78, 5) is 12.1. The summed E-state index contributed by atoms with van der Waals surface area (Å²) in [6, 6.07) is 8.54. The monoisotopic (exact) mass is 379 g/mol. The lowest BCUT2D eigenvalue weighted by atomic mass is 9.73. The van der Waals surface area contributed by atoms with Gasteiger partial charge in [-0.2, -0.15) is 5.26 Å². The van der Waals surface area contributed by atoms with Gasteiger partial charge in [0.05, 0.1) is 23.8 Å². The fourth-order valence-electron chi connectivity index (χ4n) is 2.75. The first-order valence-electron chi connectivity index (χ1n) is 8.01. The third-order valence-electron chi connectivity index (χ3n) is 4.02. The summed E-state index contributed by atoms with van der Waals surface area (Å²) in [5.74, 6) is -2.14. The average Bonchev–Trinajstić information content (AvgIpc) is 2.66. The van der Waals surface area contributed by atoms with E-state index in [2.05, 4.69) is 0 Å². The van der Waals surface area contributed by atoms with Gasteiger partial charge in [-0.1, -0.05) is 37.6 Å². The lowest BCUT2D eigenvalue weighted by Gasteiger charge is -2.27. The molecule has 0 saturated carbocycles. The number of esters is 1. The third-order valence-corrected chi connectivity index (χ3v) is 4.31. The number of hydrogen-bond acceptors (Lipinski definition) is 3. The molecule has 0 radical (unpaired) electrons. The quantitative estimate of drug-likeness (QED) is 0.655. The summed E-state index contributed by atoms with van der Waals surface area (Å²) in [5.41, 5.74) is -1.56. The average molecular weight is 380 g/mol. The SMILES string of the molecule is CC.COC(=O)c1ccc(F)c(C)c1C(C)(C#N)c1cccc(Cl)c1F. The van der Waals surface area contributed by atoms with Gasteiger partial charge in [0.15, 0.2) is 0 Å². The molecule has 2 aromatic rings. The molecule has 0 bridgehead atoms. The number of benzene rings is 2. The van der Waals surface area contributed by atoms with Crippen LogP contribution in [-0.2, 0) is 10.2 Å². The van der Waals surface area contributed by atoms with Crippen molar-refractivity contribution in [2.45, 2.75) is 33.1 Å². The van der Waals surface area contributed by atoms with Gasteiger partial charge in [-0.05, 0) is 43.2 Å². The highest BCUT2D eigenvalue weighted by atomic mass is 35.5. The summed E-state index contributed by atoms with van der Waals surface area (Å²) in [6.45, 7) is 6.84. The number of ether oxygens (including phenoxy) is 1. The molecule has 26 heavy (non-hydrogen) atoms. The number of hydrogen-bond donors (Lipinski definition) is 0. The Kier molecular flexibility index (Phi) is 7.29. The molecule has 2 aromatic carbocycles. The Morgan fingerprint density at radius 1 is 1.23 bits per heavy atom. The zero-order chi connectivity index (χ0) is 20.1. The number of methoxy groups -OCH3 is 1. The maximum absolute atomic E-state index is 14.5. The Balaban J connectivity index is 0.00000163. The van der Waals surface area contributed by atoms with Crippen LogP contribution in [-0.4, -0.2) is 13.1 Å². The first kappa shape index (κ1) is 21.6. The van der Waals surface area contributed by atoms with Crippen LogP contribution in [0.25, 0.3) is 0 Å². The number of carbonyl (C=O) groups excluding carboxylic acids is 1. The van der Waals surface area contributed by atoms with Crippen LogP contribution in [0.4, 0.5) is 8.78 Å². The van der Waals surface area contributed by atoms with Crippen molar-refractivity contribution < 1.29 is 18.3 Å². The maximum Gasteiger partial charge on any atom is 0.338 e. The van der Waals surface area contributed by atoms with Crippen LogP contribution < -0.4 is 0 Å². The van der Waals surface area contributed by atoms with Gasteiger partial charge in [-0.15, -0.1) is 0 Å². The van der Waals surface area contributed by atoms with Crippen molar-refractivity contribution in [1.29, 1.82) is 5.26 Å². The highest BCUT2D eigenvalue weighted by molar-refractivity contribution is 6.30. The molecule has 3 nitrogen and oxygen atoms in total. The predicted molar refractivity (Wildman–Crippen MR) is 97.3 cm³/mol. The van der Waals surface area contributed by atoms with E-state index in [1.807, 2.05) is 19.9 Å². The van der Waals surface area contributed by atoms with Crippen LogP contribution in [0.2, 0.25) is 5.02 Å². The number of nitrogens with zero attached hydrogens (tertiary/aromatic N) is 1. The van der Waals surface area contributed by atoms with Gasteiger partial charge in [0.1, 0.15) is 17.0 Å². The van der Waals surface area contributed by atoms with E-state index in [1.165, 1.54) is 45.2 Å². The first-order valence-corrected chi connectivity index (χ1v) is 8.39. The van der Waals surface area contributed by atoms with E-state index in [1.54, 1.807) is 0 Å². The zero-order valence-corrected chi connectivity index (χ0v) is 16.0. The fraction of sp³-hybridized carbons (Fsp3) is 0.300. The minimum Gasteiger partial charge on any atom is -0.465 e. The molecule has 0 aromatic heterocycles. The number of halogens is 3. The predicted octanol–water partition coefficient (Wildman–Crippen LogP) is 5.57. The largest absolute Gasteiger partial charge is 0.465 e. The van der Waals surface area contributed by atoms with E-state index in [0.29, 0.717) is 0 Å². The summed E-state index contributed by atoms with van der Waals surface area (Å²) in [5, 5.41) is 9.60. The van der Waals surface area contributed by atoms with Crippen LogP contribution in [0.1, 0.15) is 47.8 Å². The lowest BCUT2D eigenvalue weighted by molar-refractivity contribution is 0.0598. The van der Waals surface area contributed by atoms with Crippen LogP contribution in [0.3, 0.4) is 0 Å². The molecular formula is C20H20ClF2NO2. The van der Waals surface area contributed by atoms with Gasteiger partial charge in [0.2, 0.25) is 0 Å². The van der Waals surface area contributed by atoms with Gasteiger partial charge >= 0.3 is 5.97 Å². The highest BCUT2D eigenvalue weighted by Gasteiger charge is 2.38. The molecule has 0 aliphatic heterocycles. The molecule has 0 heterocycles. The molecule has 138 valence electrons. The lowest BCUT2D eigenvalue weighted by Crippen LogP contribution is -2.28. The van der Waals surface area contributed by atoms with E-state index < -0.39 is 23.0 Å². The fourth-order valence-corrected chi connectivity index (χ4v) is 2.93. The summed E-state index contributed by atoms with van der Waals surface area (Å²) in [7, 11) is 1.18. The van der Waals surface area contributed by atoms with E-state index in [-0.39, 0.29) is 27.3 Å². The van der Waals surface area contributed by atoms with Crippen LogP contribution in [0.5, 0.6) is 0 Å². The van der Waals surface area contributed by atoms with Crippen molar-refractivity contribution in [2.75, 3.05) is 7.11 Å². The smallest absolute Gasteiger partial charge is 0.338 e. The molecule has 0 saturated heterocycles. The van der Waals surface area contributed by atoms with Crippen molar-refractivity contribution in [2.24, 2.45) is 0 Å². The minimum atomic E-state index is -1.63. The molecule has 0 fully saturated rings. The van der Waals surface area contributed by atoms with Crippen molar-refractivity contribution in [1.82, 2.24) is 0 Å². The molecule has 0 aliphatic rings. The van der Waals surface area contributed by atoms with Crippen LogP contribution >= 0.6 is 11.6 Å². The maximum atomic E-state index is 14.5. The first-order chi connectivity index (χ1) is 12.3. The van der Waals surface area contributed by atoms with Crippen molar-refractivity contribution in [3.63, 3.8) is 0 Å². The van der Waals surface area contributed by atoms with E-state index in [4.69, 9.17) is 16.3 Å². The number of rotatable bonds is 3. The summed E-state index contributed by atoms with van der Waals surface area (Å²) < 4.78 is 33.3. The van der Waals surface area contributed by atoms with Gasteiger partial charge in [-0.3, -0.25) is 0 Å². The summed E-state index contributed by atoms with van der Waals surface area (Å²) >= 11 is 5.81. The molecule has 1 atom stereocenters. The number of carbonyl (C=O) groups is 1. The molecule has 6 heteroatoms. The van der Waals surface area contributed by atoms with Crippen LogP contribution in [0, 0.1) is 29.9 Å². The van der Waals surface area contributed by atoms with Crippen molar-refractivity contribution >= 4 is 17.6 Å². The van der Waals surface area contributed by atoms with E-state index in [9.17, 15) is 18.8 Å². The Bertz CT molecular complexity index is 862. The molecule has 0 N–H and O–H groups in total. The van der Waals surface area contributed by atoms with E-state index in [0.717, 1.165) is 6.07 Å². The molecule has 0 amide bonds. The second-order valence-corrected chi connectivity index (χ2v) is 5.83. The second kappa shape index (κ2) is 8.77. The topological polar surface area (TPSA) is 50.1 Å². The Hall–Kier alpha value is -2.45. The second-order valence-electron chi connectivity index (χ2n) is 5.42. The molecule has 0 aliphatic carbocycles. The van der Waals surface area contributed by atoms with Crippen LogP contribution in [0.15, 0.2) is 30.3 Å². The molecule has 1 unspecified atom stereocenters. The highest BCUT2D eigenvalue weighted by Crippen LogP contribution is 2.39. The third kappa shape index (κ3) is 3.71. The van der Waals surface area contributed by atoms with Gasteiger partial charge in [0, 0.05) is 5.56 Å². The summed E-state index contributed by atoms with van der Waals surface area (Å²) in [6.07, 6.45) is 0. The van der Waals surface area contributed by atoms with Gasteiger partial charge in [-0.25, -0.2) is 13.6 Å². The number of nitriles is 1. The Labute approximate surface area is 157 Å². The van der Waals surface area contributed by atoms with Crippen molar-refractivity contribution in [3.05, 3.63) is 69.2 Å². The molecule has 0 spiro atoms. The minimum absolute atomic E-state index is 0.000162. The Morgan fingerprint density at radius 3 is 2.38 bits per heavy atom. The van der Waals surface area contributed by atoms with Crippen molar-refractivity contribution in [3.8, 4) is 6.07 Å². The zero-order valence-electron chi connectivity index (χ0n) is 15.3. The van der Waals surface area contributed by atoms with Gasteiger partial charge in [0.25, 0.3) is 0 Å². The molecular weight excluding hydrogens is 360 g/mol. The molecule has 2 rings (SSSR count). The normalized spacial score (nSPS) is 12.3. The Morgan fingerprint density at radius 2 is 1.85 bits per heavy atom. The van der Waals surface area contributed by atoms with E-state index >= 15 is 0 Å². The van der Waals surface area contributed by atoms with Gasteiger partial charge < -0.3 is 4.74 Å². The standard InChI is InChI=1S/C18H14ClF2NO2.C2H6/c1-10-14(20)8-7-11(17(23)24-3)15(10)18(2,9-22)12-5-4-6-13(19)16(12)21;1-2/h4-8H,1-3H3;1-2H3.